The van der Waals surface area contributed by atoms with Crippen LogP contribution in [-0.2, 0) is 4.84 Å². The van der Waals surface area contributed by atoms with Crippen LogP contribution in [0.3, 0.4) is 0 Å². The lowest BCUT2D eigenvalue weighted by Crippen LogP contribution is -2.34. The highest BCUT2D eigenvalue weighted by Crippen LogP contribution is 2.11. The molecule has 2 rings (SSSR count). The van der Waals surface area contributed by atoms with Crippen LogP contribution in [-0.4, -0.2) is 37.3 Å². The molecule has 1 atom stereocenters. The molecule has 0 aliphatic carbocycles. The van der Waals surface area contributed by atoms with Gasteiger partial charge >= 0.3 is 0 Å². The first-order chi connectivity index (χ1) is 6.45. The molecule has 2 aliphatic heterocycles. The molecule has 2 saturated heterocycles. The molecule has 0 aromatic carbocycles. The maximum absolute atomic E-state index is 5.54. The van der Waals surface area contributed by atoms with Crippen LogP contribution in [0.15, 0.2) is 0 Å². The minimum Gasteiger partial charge on any atom is -0.314 e. The Kier molecular flexibility index (Phi) is 3.58. The Labute approximate surface area is 80.4 Å². The van der Waals surface area contributed by atoms with Crippen molar-refractivity contribution in [1.82, 2.24) is 10.4 Å². The van der Waals surface area contributed by atoms with Crippen LogP contribution in [0.2, 0.25) is 0 Å². The predicted molar refractivity (Wildman–Crippen MR) is 52.4 cm³/mol. The first kappa shape index (κ1) is 9.44. The fourth-order valence-electron chi connectivity index (χ4n) is 2.13. The van der Waals surface area contributed by atoms with E-state index in [1.807, 2.05) is 0 Å². The van der Waals surface area contributed by atoms with Gasteiger partial charge in [0.25, 0.3) is 0 Å². The predicted octanol–water partition coefficient (Wildman–Crippen LogP) is 1.16. The van der Waals surface area contributed by atoms with Crippen LogP contribution >= 0.6 is 0 Å². The molecule has 0 aromatic rings. The van der Waals surface area contributed by atoms with Gasteiger partial charge < -0.3 is 5.32 Å². The van der Waals surface area contributed by atoms with E-state index in [-0.39, 0.29) is 0 Å². The van der Waals surface area contributed by atoms with Crippen molar-refractivity contribution in [3.63, 3.8) is 0 Å². The van der Waals surface area contributed by atoms with E-state index in [2.05, 4.69) is 10.4 Å². The van der Waals surface area contributed by atoms with E-state index < -0.39 is 0 Å². The van der Waals surface area contributed by atoms with Gasteiger partial charge in [-0.3, -0.25) is 4.84 Å². The van der Waals surface area contributed by atoms with Crippen molar-refractivity contribution in [1.29, 1.82) is 0 Å². The average Bonchev–Trinajstić information content (AvgIpc) is 2.69. The number of hydrogen-bond donors (Lipinski definition) is 1. The van der Waals surface area contributed by atoms with Crippen LogP contribution in [0.1, 0.15) is 32.1 Å². The normalized spacial score (nSPS) is 30.9. The van der Waals surface area contributed by atoms with E-state index in [9.17, 15) is 0 Å². The molecule has 0 spiro atoms. The van der Waals surface area contributed by atoms with Gasteiger partial charge in [-0.25, -0.2) is 0 Å². The molecular formula is C10H20N2O. The van der Waals surface area contributed by atoms with Crippen LogP contribution in [0.5, 0.6) is 0 Å². The van der Waals surface area contributed by atoms with Gasteiger partial charge in [-0.2, -0.15) is 5.06 Å². The van der Waals surface area contributed by atoms with Crippen LogP contribution in [0, 0.1) is 0 Å². The maximum Gasteiger partial charge on any atom is 0.0685 e. The summed E-state index contributed by atoms with van der Waals surface area (Å²) < 4.78 is 0. The minimum absolute atomic E-state index is 0.755. The summed E-state index contributed by atoms with van der Waals surface area (Å²) in [6.07, 6.45) is 6.50. The highest BCUT2D eigenvalue weighted by atomic mass is 16.7. The number of nitrogens with zero attached hydrogens (tertiary/aromatic N) is 1. The zero-order chi connectivity index (χ0) is 8.93. The summed E-state index contributed by atoms with van der Waals surface area (Å²) in [5, 5.41) is 5.66. The Balaban J connectivity index is 1.60. The summed E-state index contributed by atoms with van der Waals surface area (Å²) in [4.78, 5) is 5.54. The lowest BCUT2D eigenvalue weighted by molar-refractivity contribution is -0.181. The Morgan fingerprint density at radius 3 is 3.00 bits per heavy atom. The van der Waals surface area contributed by atoms with Crippen LogP contribution in [0.4, 0.5) is 0 Å². The van der Waals surface area contributed by atoms with E-state index in [4.69, 9.17) is 4.84 Å². The maximum atomic E-state index is 5.54. The van der Waals surface area contributed by atoms with Gasteiger partial charge in [0.2, 0.25) is 0 Å². The third-order valence-corrected chi connectivity index (χ3v) is 2.97. The van der Waals surface area contributed by atoms with E-state index >= 15 is 0 Å². The molecule has 0 saturated carbocycles. The summed E-state index contributed by atoms with van der Waals surface area (Å²) >= 11 is 0. The zero-order valence-electron chi connectivity index (χ0n) is 8.30. The van der Waals surface area contributed by atoms with Gasteiger partial charge in [-0.1, -0.05) is 0 Å². The topological polar surface area (TPSA) is 24.5 Å². The van der Waals surface area contributed by atoms with E-state index in [1.54, 1.807) is 0 Å². The third kappa shape index (κ3) is 2.93. The molecule has 0 bridgehead atoms. The van der Waals surface area contributed by atoms with Gasteiger partial charge in [-0.05, 0) is 38.6 Å². The molecule has 2 heterocycles. The summed E-state index contributed by atoms with van der Waals surface area (Å²) in [5.41, 5.74) is 0. The van der Waals surface area contributed by atoms with E-state index in [0.717, 1.165) is 25.7 Å². The monoisotopic (exact) mass is 184 g/mol. The smallest absolute Gasteiger partial charge is 0.0685 e. The van der Waals surface area contributed by atoms with Gasteiger partial charge in [0.05, 0.1) is 6.61 Å². The molecule has 76 valence electrons. The van der Waals surface area contributed by atoms with Crippen molar-refractivity contribution in [2.45, 2.75) is 38.1 Å². The summed E-state index contributed by atoms with van der Waals surface area (Å²) in [6, 6.07) is 0.755. The molecule has 0 aromatic heterocycles. The summed E-state index contributed by atoms with van der Waals surface area (Å²) in [6.45, 7) is 4.38. The SMILES string of the molecule is C1CCN(CCC2CCCN2)OC1. The van der Waals surface area contributed by atoms with Gasteiger partial charge in [0, 0.05) is 19.1 Å². The van der Waals surface area contributed by atoms with Crippen LogP contribution in [0.25, 0.3) is 0 Å². The summed E-state index contributed by atoms with van der Waals surface area (Å²) in [7, 11) is 0. The molecule has 1 unspecified atom stereocenters. The molecule has 3 heteroatoms. The fourth-order valence-corrected chi connectivity index (χ4v) is 2.13. The molecule has 0 amide bonds. The fraction of sp³-hybridized carbons (Fsp3) is 1.00. The first-order valence-electron chi connectivity index (χ1n) is 5.56. The first-order valence-corrected chi connectivity index (χ1v) is 5.56. The lowest BCUT2D eigenvalue weighted by atomic mass is 10.1. The second kappa shape index (κ2) is 4.94. The molecule has 2 fully saturated rings. The van der Waals surface area contributed by atoms with Crippen molar-refractivity contribution in [3.8, 4) is 0 Å². The van der Waals surface area contributed by atoms with Gasteiger partial charge in [0.1, 0.15) is 0 Å². The number of hydroxylamine groups is 2. The Morgan fingerprint density at radius 2 is 2.31 bits per heavy atom. The average molecular weight is 184 g/mol. The van der Waals surface area contributed by atoms with Gasteiger partial charge in [-0.15, -0.1) is 0 Å². The van der Waals surface area contributed by atoms with Crippen LogP contribution < -0.4 is 5.32 Å². The molecule has 0 radical (unpaired) electrons. The Morgan fingerprint density at radius 1 is 1.31 bits per heavy atom. The quantitative estimate of drug-likeness (QED) is 0.712. The van der Waals surface area contributed by atoms with E-state index in [0.29, 0.717) is 0 Å². The highest BCUT2D eigenvalue weighted by Gasteiger charge is 2.16. The van der Waals surface area contributed by atoms with E-state index in [1.165, 1.54) is 38.6 Å². The largest absolute Gasteiger partial charge is 0.314 e. The molecule has 3 nitrogen and oxygen atoms in total. The Hall–Kier alpha value is -0.120. The second-order valence-electron chi connectivity index (χ2n) is 4.05. The van der Waals surface area contributed by atoms with Crippen molar-refractivity contribution in [2.75, 3.05) is 26.2 Å². The molecule has 2 aliphatic rings. The van der Waals surface area contributed by atoms with Crippen molar-refractivity contribution < 1.29 is 4.84 Å². The Bertz CT molecular complexity index is 140. The minimum atomic E-state index is 0.755. The van der Waals surface area contributed by atoms with Crippen molar-refractivity contribution >= 4 is 0 Å². The summed E-state index contributed by atoms with van der Waals surface area (Å²) in [5.74, 6) is 0. The lowest BCUT2D eigenvalue weighted by Gasteiger charge is -2.26. The zero-order valence-corrected chi connectivity index (χ0v) is 8.30. The standard InChI is InChI=1S/C10H20N2O/c1-2-9-13-12(7-1)8-5-10-4-3-6-11-10/h10-11H,1-9H2. The number of nitrogens with one attached hydrogen (secondary N) is 1. The van der Waals surface area contributed by atoms with Gasteiger partial charge in [0.15, 0.2) is 0 Å². The van der Waals surface area contributed by atoms with Crippen molar-refractivity contribution in [3.05, 3.63) is 0 Å². The third-order valence-electron chi connectivity index (χ3n) is 2.97. The molecule has 13 heavy (non-hydrogen) atoms. The molecular weight excluding hydrogens is 164 g/mol. The number of hydrogen-bond acceptors (Lipinski definition) is 3. The van der Waals surface area contributed by atoms with Crippen molar-refractivity contribution in [2.24, 2.45) is 0 Å². The second-order valence-corrected chi connectivity index (χ2v) is 4.05. The molecule has 1 N–H and O–H groups in total. The number of rotatable bonds is 3. The highest BCUT2D eigenvalue weighted by molar-refractivity contribution is 4.74.